The molecule has 1 atom stereocenters. The molecule has 0 aliphatic rings. The maximum Gasteiger partial charge on any atom is 0.306 e. The van der Waals surface area contributed by atoms with Gasteiger partial charge in [0.05, 0.1) is 0 Å². The van der Waals surface area contributed by atoms with E-state index in [0.29, 0.717) is 19.3 Å². The summed E-state index contributed by atoms with van der Waals surface area (Å²) in [6.45, 7) is 6.61. The number of allylic oxidation sites excluding steroid dienone is 2. The number of unbranched alkanes of at least 4 members (excludes halogenated alkanes) is 29. The van der Waals surface area contributed by atoms with Gasteiger partial charge in [0.2, 0.25) is 0 Å². The first-order chi connectivity index (χ1) is 26.0. The molecular weight excluding hydrogens is 661 g/mol. The van der Waals surface area contributed by atoms with E-state index in [0.717, 1.165) is 64.2 Å². The van der Waals surface area contributed by atoms with Crippen LogP contribution in [0.4, 0.5) is 0 Å². The van der Waals surface area contributed by atoms with Crippen LogP contribution in [-0.4, -0.2) is 37.2 Å². The van der Waals surface area contributed by atoms with Gasteiger partial charge in [-0.15, -0.1) is 0 Å². The topological polar surface area (TPSA) is 78.9 Å². The molecule has 312 valence electrons. The van der Waals surface area contributed by atoms with Crippen molar-refractivity contribution in [3.63, 3.8) is 0 Å². The zero-order valence-electron chi connectivity index (χ0n) is 35.6. The quantitative estimate of drug-likeness (QED) is 0.0268. The summed E-state index contributed by atoms with van der Waals surface area (Å²) < 4.78 is 16.7. The minimum Gasteiger partial charge on any atom is -0.462 e. The van der Waals surface area contributed by atoms with Crippen LogP contribution in [0.2, 0.25) is 0 Å². The molecule has 0 radical (unpaired) electrons. The summed E-state index contributed by atoms with van der Waals surface area (Å²) in [5.41, 5.74) is 0. The molecule has 0 saturated carbocycles. The Hall–Kier alpha value is -1.85. The molecule has 6 heteroatoms. The lowest BCUT2D eigenvalue weighted by atomic mass is 10.0. The molecule has 0 aliphatic carbocycles. The zero-order chi connectivity index (χ0) is 38.7. The van der Waals surface area contributed by atoms with Crippen LogP contribution in [0, 0.1) is 0 Å². The molecule has 0 rings (SSSR count). The van der Waals surface area contributed by atoms with E-state index in [9.17, 15) is 14.4 Å². The molecule has 0 saturated heterocycles. The molecule has 6 nitrogen and oxygen atoms in total. The fraction of sp³-hybridized carbons (Fsp3) is 0.894. The van der Waals surface area contributed by atoms with Crippen molar-refractivity contribution in [2.75, 3.05) is 13.2 Å². The van der Waals surface area contributed by atoms with Gasteiger partial charge in [-0.25, -0.2) is 0 Å². The lowest BCUT2D eigenvalue weighted by Crippen LogP contribution is -2.30. The summed E-state index contributed by atoms with van der Waals surface area (Å²) >= 11 is 0. The Morgan fingerprint density at radius 3 is 0.943 bits per heavy atom. The third kappa shape index (κ3) is 41.2. The highest BCUT2D eigenvalue weighted by Crippen LogP contribution is 2.15. The molecule has 0 aromatic heterocycles. The zero-order valence-corrected chi connectivity index (χ0v) is 35.6. The molecule has 53 heavy (non-hydrogen) atoms. The SMILES string of the molecule is CCCCCCC/C=C\CCCCCCCC(=O)OC[C@@H](COC(=O)CCCCCCCCCCC)OC(=O)CCCCCCCCCCCCCC. The van der Waals surface area contributed by atoms with Crippen LogP contribution in [0.5, 0.6) is 0 Å². The molecule has 0 fully saturated rings. The summed E-state index contributed by atoms with van der Waals surface area (Å²) in [4.78, 5) is 37.7. The second-order valence-electron chi connectivity index (χ2n) is 15.7. The number of rotatable bonds is 42. The van der Waals surface area contributed by atoms with Crippen LogP contribution in [-0.2, 0) is 28.6 Å². The van der Waals surface area contributed by atoms with Gasteiger partial charge >= 0.3 is 17.9 Å². The Morgan fingerprint density at radius 2 is 0.623 bits per heavy atom. The van der Waals surface area contributed by atoms with Crippen molar-refractivity contribution < 1.29 is 28.6 Å². The predicted molar refractivity (Wildman–Crippen MR) is 224 cm³/mol. The first kappa shape index (κ1) is 51.1. The van der Waals surface area contributed by atoms with E-state index < -0.39 is 6.10 Å². The van der Waals surface area contributed by atoms with Crippen LogP contribution in [0.3, 0.4) is 0 Å². The Labute approximate surface area is 329 Å². The number of hydrogen-bond acceptors (Lipinski definition) is 6. The van der Waals surface area contributed by atoms with Gasteiger partial charge in [-0.3, -0.25) is 14.4 Å². The highest BCUT2D eigenvalue weighted by atomic mass is 16.6. The lowest BCUT2D eigenvalue weighted by Gasteiger charge is -2.18. The average molecular weight is 749 g/mol. The van der Waals surface area contributed by atoms with E-state index >= 15 is 0 Å². The van der Waals surface area contributed by atoms with Crippen molar-refractivity contribution in [3.05, 3.63) is 12.2 Å². The van der Waals surface area contributed by atoms with Crippen LogP contribution < -0.4 is 0 Å². The highest BCUT2D eigenvalue weighted by molar-refractivity contribution is 5.71. The number of esters is 3. The van der Waals surface area contributed by atoms with Crippen molar-refractivity contribution in [1.29, 1.82) is 0 Å². The minimum absolute atomic E-state index is 0.0684. The monoisotopic (exact) mass is 749 g/mol. The fourth-order valence-corrected chi connectivity index (χ4v) is 6.73. The third-order valence-electron chi connectivity index (χ3n) is 10.3. The van der Waals surface area contributed by atoms with Crippen LogP contribution in [0.1, 0.15) is 252 Å². The normalized spacial score (nSPS) is 12.0. The summed E-state index contributed by atoms with van der Waals surface area (Å²) in [7, 11) is 0. The molecule has 0 unspecified atom stereocenters. The Kier molecular flexibility index (Phi) is 41.4. The predicted octanol–water partition coefficient (Wildman–Crippen LogP) is 14.6. The number of ether oxygens (including phenoxy) is 3. The van der Waals surface area contributed by atoms with Crippen molar-refractivity contribution in [3.8, 4) is 0 Å². The third-order valence-corrected chi connectivity index (χ3v) is 10.3. The van der Waals surface area contributed by atoms with Gasteiger partial charge in [0.1, 0.15) is 13.2 Å². The smallest absolute Gasteiger partial charge is 0.306 e. The van der Waals surface area contributed by atoms with Crippen LogP contribution in [0.15, 0.2) is 12.2 Å². The minimum atomic E-state index is -0.764. The second-order valence-corrected chi connectivity index (χ2v) is 15.7. The van der Waals surface area contributed by atoms with E-state index in [-0.39, 0.29) is 31.1 Å². The Bertz CT molecular complexity index is 824. The van der Waals surface area contributed by atoms with E-state index in [1.807, 2.05) is 0 Å². The average Bonchev–Trinajstić information content (AvgIpc) is 3.15. The van der Waals surface area contributed by atoms with E-state index in [4.69, 9.17) is 14.2 Å². The van der Waals surface area contributed by atoms with E-state index in [1.54, 1.807) is 0 Å². The largest absolute Gasteiger partial charge is 0.462 e. The van der Waals surface area contributed by atoms with Gasteiger partial charge in [-0.2, -0.15) is 0 Å². The number of carbonyl (C=O) groups excluding carboxylic acids is 3. The molecule has 0 spiro atoms. The highest BCUT2D eigenvalue weighted by Gasteiger charge is 2.19. The van der Waals surface area contributed by atoms with Gasteiger partial charge in [0, 0.05) is 19.3 Å². The van der Waals surface area contributed by atoms with Gasteiger partial charge < -0.3 is 14.2 Å². The summed E-state index contributed by atoms with van der Waals surface area (Å²) in [5, 5.41) is 0. The number of hydrogen-bond donors (Lipinski definition) is 0. The Morgan fingerprint density at radius 1 is 0.358 bits per heavy atom. The lowest BCUT2D eigenvalue weighted by molar-refractivity contribution is -0.167. The second kappa shape index (κ2) is 42.9. The van der Waals surface area contributed by atoms with Crippen molar-refractivity contribution in [2.24, 2.45) is 0 Å². The van der Waals surface area contributed by atoms with Crippen molar-refractivity contribution in [1.82, 2.24) is 0 Å². The standard InChI is InChI=1S/C47H88O6/c1-4-7-10-13-16-19-21-23-24-26-28-31-34-37-40-46(49)52-43-44(42-51-45(48)39-36-33-30-27-18-15-12-9-6-3)53-47(50)41-38-35-32-29-25-22-20-17-14-11-8-5-2/h21,23,44H,4-20,22,24-43H2,1-3H3/b23-21-/t44-/m1/s1. The van der Waals surface area contributed by atoms with Gasteiger partial charge in [-0.1, -0.05) is 200 Å². The van der Waals surface area contributed by atoms with E-state index in [1.165, 1.54) is 148 Å². The number of carbonyl (C=O) groups is 3. The maximum absolute atomic E-state index is 12.7. The summed E-state index contributed by atoms with van der Waals surface area (Å²) in [6.07, 6.45) is 44.7. The Balaban J connectivity index is 4.33. The van der Waals surface area contributed by atoms with E-state index in [2.05, 4.69) is 32.9 Å². The van der Waals surface area contributed by atoms with Crippen LogP contribution >= 0.6 is 0 Å². The molecule has 0 heterocycles. The first-order valence-electron chi connectivity index (χ1n) is 23.2. The van der Waals surface area contributed by atoms with Gasteiger partial charge in [0.15, 0.2) is 6.10 Å². The molecule has 0 aliphatic heterocycles. The summed E-state index contributed by atoms with van der Waals surface area (Å²) in [6, 6.07) is 0. The molecule has 0 bridgehead atoms. The maximum atomic E-state index is 12.7. The summed E-state index contributed by atoms with van der Waals surface area (Å²) in [5.74, 6) is -0.871. The van der Waals surface area contributed by atoms with Gasteiger partial charge in [0.25, 0.3) is 0 Å². The fourth-order valence-electron chi connectivity index (χ4n) is 6.73. The molecular formula is C47H88O6. The first-order valence-corrected chi connectivity index (χ1v) is 23.2. The van der Waals surface area contributed by atoms with Crippen molar-refractivity contribution >= 4 is 17.9 Å². The molecule has 0 aromatic rings. The van der Waals surface area contributed by atoms with Crippen molar-refractivity contribution in [2.45, 2.75) is 258 Å². The van der Waals surface area contributed by atoms with Crippen LogP contribution in [0.25, 0.3) is 0 Å². The molecule has 0 amide bonds. The molecule has 0 N–H and O–H groups in total. The molecule has 0 aromatic carbocycles. The van der Waals surface area contributed by atoms with Gasteiger partial charge in [-0.05, 0) is 44.9 Å².